The zero-order valence-corrected chi connectivity index (χ0v) is 10.3. The molecule has 0 radical (unpaired) electrons. The van der Waals surface area contributed by atoms with E-state index in [1.807, 2.05) is 6.07 Å². The van der Waals surface area contributed by atoms with E-state index in [0.29, 0.717) is 22.6 Å². The van der Waals surface area contributed by atoms with Gasteiger partial charge in [0.2, 0.25) is 0 Å². The number of nitrogens with zero attached hydrogens (tertiary/aromatic N) is 3. The standard InChI is InChI=1S/C14H10N4O2/c15-9-10-5-1-3-7-12(10)17-14(19)16-11-6-2-4-8-13(11)18(17)20/h1-8,20H,(H,16,19). The molecular weight excluding hydrogens is 256 g/mol. The third-order valence-corrected chi connectivity index (χ3v) is 3.00. The van der Waals surface area contributed by atoms with Crippen molar-refractivity contribution in [1.82, 2.24) is 0 Å². The van der Waals surface area contributed by atoms with Gasteiger partial charge in [-0.05, 0) is 24.3 Å². The molecule has 0 saturated heterocycles. The lowest BCUT2D eigenvalue weighted by molar-refractivity contribution is 0.221. The number of urea groups is 1. The Bertz CT molecular complexity index is 723. The van der Waals surface area contributed by atoms with Crippen LogP contribution in [0.3, 0.4) is 0 Å². The topological polar surface area (TPSA) is 79.6 Å². The van der Waals surface area contributed by atoms with Gasteiger partial charge in [-0.1, -0.05) is 24.3 Å². The second-order valence-electron chi connectivity index (χ2n) is 4.18. The van der Waals surface area contributed by atoms with E-state index in [2.05, 4.69) is 5.32 Å². The number of carbonyl (C=O) groups is 1. The summed E-state index contributed by atoms with van der Waals surface area (Å²) in [6, 6.07) is 14.9. The van der Waals surface area contributed by atoms with Gasteiger partial charge >= 0.3 is 6.03 Å². The van der Waals surface area contributed by atoms with E-state index in [1.54, 1.807) is 48.5 Å². The molecule has 0 bridgehead atoms. The van der Waals surface area contributed by atoms with Gasteiger partial charge in [-0.2, -0.15) is 15.4 Å². The highest BCUT2D eigenvalue weighted by Crippen LogP contribution is 2.33. The average Bonchev–Trinajstić information content (AvgIpc) is 2.48. The first-order valence-electron chi connectivity index (χ1n) is 5.90. The number of nitrogens with one attached hydrogen (secondary N) is 1. The zero-order valence-electron chi connectivity index (χ0n) is 10.3. The first-order valence-corrected chi connectivity index (χ1v) is 5.90. The molecule has 0 aliphatic carbocycles. The van der Waals surface area contributed by atoms with Gasteiger partial charge in [0.15, 0.2) is 0 Å². The summed E-state index contributed by atoms with van der Waals surface area (Å²) in [5, 5.41) is 23.8. The molecule has 6 nitrogen and oxygen atoms in total. The molecule has 0 atom stereocenters. The molecule has 0 spiro atoms. The molecule has 2 aromatic rings. The Kier molecular flexibility index (Phi) is 2.75. The van der Waals surface area contributed by atoms with Crippen LogP contribution in [0.4, 0.5) is 21.9 Å². The Morgan fingerprint density at radius 1 is 1.05 bits per heavy atom. The number of rotatable bonds is 1. The minimum absolute atomic E-state index is 0.293. The van der Waals surface area contributed by atoms with Crippen molar-refractivity contribution < 1.29 is 10.0 Å². The number of fused-ring (bicyclic) bond motifs is 1. The molecule has 0 unspecified atom stereocenters. The van der Waals surface area contributed by atoms with E-state index < -0.39 is 6.03 Å². The van der Waals surface area contributed by atoms with Crippen molar-refractivity contribution in [2.75, 3.05) is 15.5 Å². The van der Waals surface area contributed by atoms with Crippen molar-refractivity contribution in [2.24, 2.45) is 0 Å². The van der Waals surface area contributed by atoms with Gasteiger partial charge in [-0.15, -0.1) is 0 Å². The summed E-state index contributed by atoms with van der Waals surface area (Å²) >= 11 is 0. The molecule has 20 heavy (non-hydrogen) atoms. The molecule has 6 heteroatoms. The van der Waals surface area contributed by atoms with Crippen LogP contribution in [-0.4, -0.2) is 11.2 Å². The minimum atomic E-state index is -0.533. The summed E-state index contributed by atoms with van der Waals surface area (Å²) in [6.45, 7) is 0. The Hall–Kier alpha value is -3.04. The van der Waals surface area contributed by atoms with Crippen LogP contribution in [0.2, 0.25) is 0 Å². The Balaban J connectivity index is 2.12. The number of hydrogen-bond acceptors (Lipinski definition) is 4. The number of carbonyl (C=O) groups excluding carboxylic acids is 1. The van der Waals surface area contributed by atoms with Crippen molar-refractivity contribution in [3.05, 3.63) is 54.1 Å². The Labute approximate surface area is 115 Å². The van der Waals surface area contributed by atoms with E-state index in [-0.39, 0.29) is 0 Å². The van der Waals surface area contributed by atoms with Crippen LogP contribution in [-0.2, 0) is 0 Å². The lowest BCUT2D eigenvalue weighted by Crippen LogP contribution is -2.51. The fourth-order valence-corrected chi connectivity index (χ4v) is 2.08. The molecule has 2 amide bonds. The largest absolute Gasteiger partial charge is 0.347 e. The minimum Gasteiger partial charge on any atom is -0.304 e. The maximum Gasteiger partial charge on any atom is 0.347 e. The van der Waals surface area contributed by atoms with Crippen LogP contribution >= 0.6 is 0 Å². The number of para-hydroxylation sites is 3. The molecule has 0 saturated carbocycles. The van der Waals surface area contributed by atoms with Gasteiger partial charge < -0.3 is 5.32 Å². The second kappa shape index (κ2) is 4.57. The Morgan fingerprint density at radius 3 is 2.45 bits per heavy atom. The normalized spacial score (nSPS) is 13.5. The van der Waals surface area contributed by atoms with Crippen molar-refractivity contribution in [3.63, 3.8) is 0 Å². The van der Waals surface area contributed by atoms with Crippen LogP contribution in [0, 0.1) is 11.3 Å². The first-order chi connectivity index (χ1) is 9.72. The van der Waals surface area contributed by atoms with Crippen molar-refractivity contribution >= 4 is 23.1 Å². The molecule has 2 aromatic carbocycles. The molecule has 98 valence electrons. The molecule has 1 aliphatic rings. The predicted octanol–water partition coefficient (Wildman–Crippen LogP) is 2.72. The van der Waals surface area contributed by atoms with Gasteiger partial charge in [0.05, 0.1) is 16.9 Å². The van der Waals surface area contributed by atoms with Crippen LogP contribution in [0.15, 0.2) is 48.5 Å². The molecule has 1 heterocycles. The first kappa shape index (κ1) is 12.0. The molecule has 3 rings (SSSR count). The SMILES string of the molecule is N#Cc1ccccc1N1C(=O)Nc2ccccc2N1O. The predicted molar refractivity (Wildman–Crippen MR) is 73.4 cm³/mol. The number of amides is 2. The summed E-state index contributed by atoms with van der Waals surface area (Å²) in [5.41, 5.74) is 1.54. The summed E-state index contributed by atoms with van der Waals surface area (Å²) < 4.78 is 0. The number of nitriles is 1. The smallest absolute Gasteiger partial charge is 0.304 e. The van der Waals surface area contributed by atoms with E-state index in [0.717, 1.165) is 10.2 Å². The van der Waals surface area contributed by atoms with Gasteiger partial charge in [0.1, 0.15) is 11.8 Å². The van der Waals surface area contributed by atoms with Crippen molar-refractivity contribution in [3.8, 4) is 6.07 Å². The third-order valence-electron chi connectivity index (χ3n) is 3.00. The number of anilines is 3. The van der Waals surface area contributed by atoms with Crippen molar-refractivity contribution in [1.29, 1.82) is 5.26 Å². The lowest BCUT2D eigenvalue weighted by Gasteiger charge is -2.36. The van der Waals surface area contributed by atoms with E-state index in [4.69, 9.17) is 5.26 Å². The maximum absolute atomic E-state index is 12.1. The van der Waals surface area contributed by atoms with Crippen LogP contribution in [0.25, 0.3) is 0 Å². The monoisotopic (exact) mass is 266 g/mol. The van der Waals surface area contributed by atoms with E-state index >= 15 is 0 Å². The summed E-state index contributed by atoms with van der Waals surface area (Å²) in [6.07, 6.45) is 0. The van der Waals surface area contributed by atoms with Gasteiger partial charge in [0, 0.05) is 0 Å². The van der Waals surface area contributed by atoms with Gasteiger partial charge in [0.25, 0.3) is 0 Å². The van der Waals surface area contributed by atoms with Crippen LogP contribution in [0.1, 0.15) is 5.56 Å². The fourth-order valence-electron chi connectivity index (χ4n) is 2.08. The van der Waals surface area contributed by atoms with Gasteiger partial charge in [-0.25, -0.2) is 4.79 Å². The molecule has 0 fully saturated rings. The zero-order chi connectivity index (χ0) is 14.1. The Morgan fingerprint density at radius 2 is 1.70 bits per heavy atom. The number of hydrogen-bond donors (Lipinski definition) is 2. The van der Waals surface area contributed by atoms with E-state index in [9.17, 15) is 10.0 Å². The molecule has 1 aliphatic heterocycles. The summed E-state index contributed by atoms with van der Waals surface area (Å²) in [5.74, 6) is 0. The lowest BCUT2D eigenvalue weighted by atomic mass is 10.2. The molecule has 0 aromatic heterocycles. The highest BCUT2D eigenvalue weighted by Gasteiger charge is 2.31. The summed E-state index contributed by atoms with van der Waals surface area (Å²) in [4.78, 5) is 12.1. The van der Waals surface area contributed by atoms with Crippen LogP contribution < -0.4 is 15.5 Å². The third kappa shape index (κ3) is 1.74. The van der Waals surface area contributed by atoms with Crippen molar-refractivity contribution in [2.45, 2.75) is 0 Å². The highest BCUT2D eigenvalue weighted by atomic mass is 16.6. The van der Waals surface area contributed by atoms with E-state index in [1.165, 1.54) is 0 Å². The average molecular weight is 266 g/mol. The number of hydrazine groups is 1. The highest BCUT2D eigenvalue weighted by molar-refractivity contribution is 6.08. The quantitative estimate of drug-likeness (QED) is 0.831. The van der Waals surface area contributed by atoms with Gasteiger partial charge in [-0.3, -0.25) is 5.21 Å². The molecular formula is C14H10N4O2. The summed E-state index contributed by atoms with van der Waals surface area (Å²) in [7, 11) is 0. The number of benzene rings is 2. The fraction of sp³-hybridized carbons (Fsp3) is 0. The maximum atomic E-state index is 12.1. The molecule has 2 N–H and O–H groups in total. The van der Waals surface area contributed by atoms with Crippen LogP contribution in [0.5, 0.6) is 0 Å². The second-order valence-corrected chi connectivity index (χ2v) is 4.18.